The zero-order chi connectivity index (χ0) is 24.2. The third-order valence-corrected chi connectivity index (χ3v) is 6.38. The molecule has 0 radical (unpaired) electrons. The molecule has 0 fully saturated rings. The zero-order valence-corrected chi connectivity index (χ0v) is 19.8. The van der Waals surface area contributed by atoms with E-state index in [-0.39, 0.29) is 17.5 Å². The van der Waals surface area contributed by atoms with Crippen molar-refractivity contribution in [1.82, 2.24) is 19.7 Å². The second-order valence-corrected chi connectivity index (χ2v) is 8.77. The van der Waals surface area contributed by atoms with Crippen molar-refractivity contribution in [3.05, 3.63) is 96.4 Å². The van der Waals surface area contributed by atoms with Crippen molar-refractivity contribution in [2.45, 2.75) is 18.4 Å². The molecule has 8 heteroatoms. The van der Waals surface area contributed by atoms with E-state index in [4.69, 9.17) is 15.1 Å². The Hall–Kier alpha value is -4.04. The Kier molecular flexibility index (Phi) is 6.54. The van der Waals surface area contributed by atoms with Gasteiger partial charge in [-0.15, -0.1) is 0 Å². The van der Waals surface area contributed by atoms with Gasteiger partial charge in [0, 0.05) is 11.3 Å². The summed E-state index contributed by atoms with van der Waals surface area (Å²) in [5.41, 5.74) is 3.89. The lowest BCUT2D eigenvalue weighted by molar-refractivity contribution is -0.113. The molecule has 174 valence electrons. The molecule has 0 saturated heterocycles. The number of rotatable bonds is 7. The van der Waals surface area contributed by atoms with Crippen LogP contribution in [-0.4, -0.2) is 31.4 Å². The van der Waals surface area contributed by atoms with Crippen LogP contribution in [0, 0.1) is 5.82 Å². The smallest absolute Gasteiger partial charge is 0.234 e. The van der Waals surface area contributed by atoms with Crippen molar-refractivity contribution in [3.8, 4) is 17.1 Å². The number of thioether (sulfide) groups is 1. The lowest BCUT2D eigenvalue weighted by Gasteiger charge is -2.09. The van der Waals surface area contributed by atoms with Crippen molar-refractivity contribution in [2.75, 3.05) is 11.1 Å². The van der Waals surface area contributed by atoms with Crippen LogP contribution in [0.3, 0.4) is 0 Å². The van der Waals surface area contributed by atoms with Crippen LogP contribution in [0.4, 0.5) is 10.1 Å². The van der Waals surface area contributed by atoms with Crippen LogP contribution < -0.4 is 5.32 Å². The number of carbonyl (C=O) groups is 1. The second-order valence-electron chi connectivity index (χ2n) is 7.81. The van der Waals surface area contributed by atoms with E-state index in [1.54, 1.807) is 0 Å². The predicted molar refractivity (Wildman–Crippen MR) is 137 cm³/mol. The van der Waals surface area contributed by atoms with Gasteiger partial charge in [0.25, 0.3) is 0 Å². The summed E-state index contributed by atoms with van der Waals surface area (Å²) in [5, 5.41) is 9.18. The number of nitrogens with zero attached hydrogens (tertiary/aromatic N) is 4. The molecule has 0 aliphatic heterocycles. The molecule has 2 aromatic heterocycles. The monoisotopic (exact) mass is 483 g/mol. The average molecular weight is 484 g/mol. The van der Waals surface area contributed by atoms with Gasteiger partial charge in [-0.2, -0.15) is 5.10 Å². The summed E-state index contributed by atoms with van der Waals surface area (Å²) in [4.78, 5) is 22.4. The fourth-order valence-corrected chi connectivity index (χ4v) is 4.58. The summed E-state index contributed by atoms with van der Waals surface area (Å²) in [5.74, 6) is 0.149. The molecular formula is C27H22FN5OS. The van der Waals surface area contributed by atoms with Crippen LogP contribution in [0.5, 0.6) is 0 Å². The van der Waals surface area contributed by atoms with E-state index in [1.807, 2.05) is 72.3 Å². The number of nitrogens with one attached hydrogen (secondary N) is 1. The Morgan fingerprint density at radius 3 is 2.31 bits per heavy atom. The highest BCUT2D eigenvalue weighted by Crippen LogP contribution is 2.32. The molecule has 0 saturated carbocycles. The van der Waals surface area contributed by atoms with E-state index < -0.39 is 0 Å². The zero-order valence-electron chi connectivity index (χ0n) is 19.0. The predicted octanol–water partition coefficient (Wildman–Crippen LogP) is 5.91. The summed E-state index contributed by atoms with van der Waals surface area (Å²) in [6, 6.07) is 25.3. The van der Waals surface area contributed by atoms with Crippen molar-refractivity contribution in [2.24, 2.45) is 0 Å². The topological polar surface area (TPSA) is 72.7 Å². The number of aromatic nitrogens is 4. The van der Waals surface area contributed by atoms with Gasteiger partial charge in [-0.05, 0) is 42.8 Å². The quantitative estimate of drug-likeness (QED) is 0.230. The molecule has 0 aliphatic carbocycles. The highest BCUT2D eigenvalue weighted by atomic mass is 32.2. The number of para-hydroxylation sites is 1. The number of benzene rings is 3. The van der Waals surface area contributed by atoms with Crippen molar-refractivity contribution in [3.63, 3.8) is 0 Å². The lowest BCUT2D eigenvalue weighted by Crippen LogP contribution is -2.14. The molecule has 6 nitrogen and oxygen atoms in total. The van der Waals surface area contributed by atoms with E-state index in [9.17, 15) is 9.18 Å². The minimum absolute atomic E-state index is 0.136. The minimum Gasteiger partial charge on any atom is -0.325 e. The molecule has 0 unspecified atom stereocenters. The highest BCUT2D eigenvalue weighted by molar-refractivity contribution is 8.00. The van der Waals surface area contributed by atoms with Crippen molar-refractivity contribution in [1.29, 1.82) is 0 Å². The molecule has 5 aromatic rings. The Morgan fingerprint density at radius 1 is 0.943 bits per heavy atom. The number of aryl methyl sites for hydroxylation is 1. The molecule has 5 rings (SSSR count). The van der Waals surface area contributed by atoms with Crippen LogP contribution in [-0.2, 0) is 11.2 Å². The van der Waals surface area contributed by atoms with Crippen LogP contribution >= 0.6 is 11.8 Å². The number of hydrogen-bond acceptors (Lipinski definition) is 5. The fraction of sp³-hybridized carbons (Fsp3) is 0.111. The van der Waals surface area contributed by atoms with Crippen LogP contribution in [0.25, 0.3) is 28.1 Å². The molecular weight excluding hydrogens is 461 g/mol. The molecule has 1 amide bonds. The van der Waals surface area contributed by atoms with Gasteiger partial charge in [-0.1, -0.05) is 67.2 Å². The normalized spacial score (nSPS) is 11.0. The van der Waals surface area contributed by atoms with Gasteiger partial charge in [0.1, 0.15) is 10.8 Å². The van der Waals surface area contributed by atoms with Gasteiger partial charge in [0.2, 0.25) is 5.91 Å². The Morgan fingerprint density at radius 2 is 1.63 bits per heavy atom. The molecule has 2 heterocycles. The number of hydrogen-bond donors (Lipinski definition) is 1. The Bertz CT molecular complexity index is 1470. The first-order chi connectivity index (χ1) is 17.1. The molecule has 1 N–H and O–H groups in total. The third-order valence-electron chi connectivity index (χ3n) is 5.40. The third kappa shape index (κ3) is 4.93. The summed E-state index contributed by atoms with van der Waals surface area (Å²) in [7, 11) is 0. The standard InChI is InChI=1S/C27H22FN5OS/c1-2-22-24-26(33(32-22)21-11-7-4-8-12-21)30-25(18-9-5-3-6-10-18)31-27(24)35-17-23(34)29-20-15-13-19(28)14-16-20/h3-16H,2,17H2,1H3,(H,29,34). The van der Waals surface area contributed by atoms with Crippen LogP contribution in [0.15, 0.2) is 90.0 Å². The summed E-state index contributed by atoms with van der Waals surface area (Å²) in [6.45, 7) is 2.04. The summed E-state index contributed by atoms with van der Waals surface area (Å²) in [6.07, 6.45) is 0.694. The maximum atomic E-state index is 13.2. The van der Waals surface area contributed by atoms with E-state index in [0.717, 1.165) is 22.3 Å². The SMILES string of the molecule is CCc1nn(-c2ccccc2)c2nc(-c3ccccc3)nc(SCC(=O)Nc3ccc(F)cc3)c12. The van der Waals surface area contributed by atoms with Gasteiger partial charge >= 0.3 is 0 Å². The molecule has 0 spiro atoms. The van der Waals surface area contributed by atoms with E-state index in [2.05, 4.69) is 5.32 Å². The maximum Gasteiger partial charge on any atom is 0.234 e. The largest absolute Gasteiger partial charge is 0.325 e. The number of fused-ring (bicyclic) bond motifs is 1. The minimum atomic E-state index is -0.350. The van der Waals surface area contributed by atoms with Gasteiger partial charge in [0.15, 0.2) is 11.5 Å². The maximum absolute atomic E-state index is 13.2. The molecule has 35 heavy (non-hydrogen) atoms. The molecule has 0 aliphatic rings. The Labute approximate surface area is 206 Å². The number of amides is 1. The van der Waals surface area contributed by atoms with Gasteiger partial charge in [-0.3, -0.25) is 4.79 Å². The van der Waals surface area contributed by atoms with Gasteiger partial charge < -0.3 is 5.32 Å². The average Bonchev–Trinajstić information content (AvgIpc) is 3.28. The summed E-state index contributed by atoms with van der Waals surface area (Å²) >= 11 is 1.34. The molecule has 0 atom stereocenters. The number of anilines is 1. The number of carbonyl (C=O) groups excluding carboxylic acids is 1. The van der Waals surface area contributed by atoms with Crippen molar-refractivity contribution >= 4 is 34.4 Å². The fourth-order valence-electron chi connectivity index (χ4n) is 3.73. The van der Waals surface area contributed by atoms with E-state index in [0.29, 0.717) is 28.6 Å². The second kappa shape index (κ2) is 10.1. The molecule has 3 aromatic carbocycles. The van der Waals surface area contributed by atoms with Gasteiger partial charge in [0.05, 0.1) is 22.5 Å². The van der Waals surface area contributed by atoms with Crippen LogP contribution in [0.1, 0.15) is 12.6 Å². The first-order valence-electron chi connectivity index (χ1n) is 11.2. The molecule has 0 bridgehead atoms. The Balaban J connectivity index is 1.55. The van der Waals surface area contributed by atoms with E-state index in [1.165, 1.54) is 36.0 Å². The highest BCUT2D eigenvalue weighted by Gasteiger charge is 2.20. The number of halogens is 1. The first kappa shape index (κ1) is 22.7. The van der Waals surface area contributed by atoms with E-state index >= 15 is 0 Å². The summed E-state index contributed by atoms with van der Waals surface area (Å²) < 4.78 is 15.0. The lowest BCUT2D eigenvalue weighted by atomic mass is 10.2. The van der Waals surface area contributed by atoms with Crippen LogP contribution in [0.2, 0.25) is 0 Å². The van der Waals surface area contributed by atoms with Gasteiger partial charge in [-0.25, -0.2) is 19.0 Å². The van der Waals surface area contributed by atoms with Crippen molar-refractivity contribution < 1.29 is 9.18 Å². The first-order valence-corrected chi connectivity index (χ1v) is 12.2.